The van der Waals surface area contributed by atoms with Gasteiger partial charge in [-0.3, -0.25) is 9.59 Å². The van der Waals surface area contributed by atoms with Crippen molar-refractivity contribution < 1.29 is 24.5 Å². The van der Waals surface area contributed by atoms with Crippen molar-refractivity contribution in [1.82, 2.24) is 4.90 Å². The predicted molar refractivity (Wildman–Crippen MR) is 142 cm³/mol. The highest BCUT2D eigenvalue weighted by Gasteiger charge is 2.66. The maximum absolute atomic E-state index is 12.6. The fourth-order valence-electron chi connectivity index (χ4n) is 10.9. The van der Waals surface area contributed by atoms with Crippen LogP contribution in [0.2, 0.25) is 0 Å². The fraction of sp³-hybridized carbons (Fsp3) is 0.935. The number of hydrogen-bond acceptors (Lipinski definition) is 5. The van der Waals surface area contributed by atoms with Gasteiger partial charge < -0.3 is 19.8 Å². The van der Waals surface area contributed by atoms with Crippen LogP contribution in [-0.4, -0.2) is 57.4 Å². The van der Waals surface area contributed by atoms with Crippen LogP contribution in [0.4, 0.5) is 0 Å². The number of aliphatic hydroxyl groups excluding tert-OH is 1. The summed E-state index contributed by atoms with van der Waals surface area (Å²) >= 11 is 0. The van der Waals surface area contributed by atoms with Crippen LogP contribution in [0.3, 0.4) is 0 Å². The van der Waals surface area contributed by atoms with E-state index in [9.17, 15) is 19.8 Å². The van der Waals surface area contributed by atoms with Gasteiger partial charge in [0, 0.05) is 26.3 Å². The first kappa shape index (κ1) is 27.4. The molecule has 5 fully saturated rings. The number of esters is 1. The smallest absolute Gasteiger partial charge is 0.302 e. The molecule has 5 aliphatic rings. The van der Waals surface area contributed by atoms with Crippen LogP contribution < -0.4 is 0 Å². The Morgan fingerprint density at radius 1 is 0.946 bits per heavy atom. The van der Waals surface area contributed by atoms with Crippen molar-refractivity contribution in [3.8, 4) is 0 Å². The fourth-order valence-corrected chi connectivity index (χ4v) is 10.9. The van der Waals surface area contributed by atoms with Gasteiger partial charge in [0.1, 0.15) is 6.10 Å². The number of ether oxygens (including phenoxy) is 1. The zero-order valence-electron chi connectivity index (χ0n) is 24.0. The molecule has 5 rings (SSSR count). The molecule has 6 nitrogen and oxygen atoms in total. The van der Waals surface area contributed by atoms with E-state index in [-0.39, 0.29) is 40.8 Å². The van der Waals surface area contributed by atoms with Crippen LogP contribution in [0.5, 0.6) is 0 Å². The highest BCUT2D eigenvalue weighted by atomic mass is 16.5. The maximum Gasteiger partial charge on any atom is 0.302 e. The highest BCUT2D eigenvalue weighted by Crippen LogP contribution is 2.69. The van der Waals surface area contributed by atoms with Gasteiger partial charge in [0.25, 0.3) is 0 Å². The van der Waals surface area contributed by atoms with Crippen molar-refractivity contribution in [3.05, 3.63) is 0 Å². The molecule has 1 heterocycles. The Kier molecular flexibility index (Phi) is 7.04. The maximum atomic E-state index is 12.6. The van der Waals surface area contributed by atoms with Crippen LogP contribution in [0.15, 0.2) is 0 Å². The van der Waals surface area contributed by atoms with Crippen LogP contribution in [0.25, 0.3) is 0 Å². The number of carbonyl (C=O) groups is 2. The molecule has 4 aliphatic carbocycles. The second-order valence-electron chi connectivity index (χ2n) is 14.6. The van der Waals surface area contributed by atoms with Crippen LogP contribution in [0.1, 0.15) is 106 Å². The van der Waals surface area contributed by atoms with E-state index in [0.29, 0.717) is 36.1 Å². The summed E-state index contributed by atoms with van der Waals surface area (Å²) in [5, 5.41) is 23.9. The third-order valence-electron chi connectivity index (χ3n) is 12.5. The van der Waals surface area contributed by atoms with Crippen LogP contribution >= 0.6 is 0 Å². The van der Waals surface area contributed by atoms with E-state index in [1.54, 1.807) is 6.92 Å². The molecule has 0 bridgehead atoms. The lowest BCUT2D eigenvalue weighted by Gasteiger charge is -2.62. The topological polar surface area (TPSA) is 87.1 Å². The molecule has 0 radical (unpaired) electrons. The molecular weight excluding hydrogens is 466 g/mol. The summed E-state index contributed by atoms with van der Waals surface area (Å²) in [5.74, 6) is 2.27. The lowest BCUT2D eigenvalue weighted by atomic mass is 9.44. The predicted octanol–water partition coefficient (Wildman–Crippen LogP) is 4.95. The Morgan fingerprint density at radius 3 is 2.32 bits per heavy atom. The van der Waals surface area contributed by atoms with Crippen molar-refractivity contribution in [3.63, 3.8) is 0 Å². The molecule has 2 N–H and O–H groups in total. The highest BCUT2D eigenvalue weighted by molar-refractivity contribution is 5.74. The molecule has 1 saturated heterocycles. The first-order valence-electron chi connectivity index (χ1n) is 15.1. The summed E-state index contributed by atoms with van der Waals surface area (Å²) in [6.07, 6.45) is 9.64. The molecule has 0 aromatic carbocycles. The van der Waals surface area contributed by atoms with Crippen molar-refractivity contribution in [2.75, 3.05) is 6.54 Å². The Labute approximate surface area is 223 Å². The van der Waals surface area contributed by atoms with Gasteiger partial charge in [-0.2, -0.15) is 0 Å². The SMILES string of the molecule is CC(=O)O[C@H]1CC[C@@]2(C)[C@@H](CC[C@@H]3[C@@H]2CC[C@]2(C)[C@@H]([C@@](C)(O)[C@H]4CC[C@@H](C)CN4C(C)=O)[C@@H](O)C[C@@H]32)C1. The van der Waals surface area contributed by atoms with Gasteiger partial charge in [-0.05, 0) is 112 Å². The number of amides is 1. The van der Waals surface area contributed by atoms with Crippen LogP contribution in [-0.2, 0) is 14.3 Å². The summed E-state index contributed by atoms with van der Waals surface area (Å²) in [6, 6.07) is -0.237. The standard InChI is InChI=1S/C31H51NO5/c1-18-7-10-27(32(17-18)19(2)33)31(6,36)28-26(35)16-25-23-9-8-21-15-22(37-20(3)34)11-13-29(21,4)24(23)12-14-30(25,28)5/h18,21-28,35-36H,7-17H2,1-6H3/t18-,21+,22+,23-,24+,25+,26+,27-,28+,29+,30+,31+/m1/s1. The molecule has 0 aromatic heterocycles. The average molecular weight is 518 g/mol. The van der Waals surface area contributed by atoms with Gasteiger partial charge >= 0.3 is 5.97 Å². The number of likely N-dealkylation sites (tertiary alicyclic amines) is 1. The normalized spacial score (nSPS) is 49.3. The van der Waals surface area contributed by atoms with Gasteiger partial charge in [0.15, 0.2) is 0 Å². The lowest BCUT2D eigenvalue weighted by Crippen LogP contribution is -2.64. The minimum Gasteiger partial charge on any atom is -0.463 e. The number of nitrogens with zero attached hydrogens (tertiary/aromatic N) is 1. The molecule has 37 heavy (non-hydrogen) atoms. The van der Waals surface area contributed by atoms with Crippen molar-refractivity contribution in [1.29, 1.82) is 0 Å². The number of hydrogen-bond donors (Lipinski definition) is 2. The minimum absolute atomic E-state index is 0.0327. The van der Waals surface area contributed by atoms with Gasteiger partial charge in [-0.25, -0.2) is 0 Å². The lowest BCUT2D eigenvalue weighted by molar-refractivity contribution is -0.179. The summed E-state index contributed by atoms with van der Waals surface area (Å²) in [7, 11) is 0. The second-order valence-corrected chi connectivity index (χ2v) is 14.6. The molecule has 0 unspecified atom stereocenters. The zero-order chi connectivity index (χ0) is 26.9. The van der Waals surface area contributed by atoms with Gasteiger partial charge in [-0.15, -0.1) is 0 Å². The summed E-state index contributed by atoms with van der Waals surface area (Å²) in [5.41, 5.74) is -0.990. The first-order valence-corrected chi connectivity index (χ1v) is 15.1. The van der Waals surface area contributed by atoms with Crippen molar-refractivity contribution in [2.24, 2.45) is 46.3 Å². The Morgan fingerprint density at radius 2 is 1.65 bits per heavy atom. The van der Waals surface area contributed by atoms with E-state index < -0.39 is 11.7 Å². The molecule has 12 atom stereocenters. The Bertz CT molecular complexity index is 904. The zero-order valence-corrected chi connectivity index (χ0v) is 24.0. The number of fused-ring (bicyclic) bond motifs is 5. The summed E-state index contributed by atoms with van der Waals surface area (Å²) < 4.78 is 5.63. The van der Waals surface area contributed by atoms with Gasteiger partial charge in [0.05, 0.1) is 17.7 Å². The van der Waals surface area contributed by atoms with E-state index in [4.69, 9.17) is 4.74 Å². The van der Waals surface area contributed by atoms with E-state index >= 15 is 0 Å². The third-order valence-corrected chi connectivity index (χ3v) is 12.5. The van der Waals surface area contributed by atoms with E-state index in [2.05, 4.69) is 20.8 Å². The number of rotatable bonds is 3. The molecule has 1 amide bonds. The monoisotopic (exact) mass is 517 g/mol. The van der Waals surface area contributed by atoms with Crippen LogP contribution in [0, 0.1) is 46.3 Å². The van der Waals surface area contributed by atoms with E-state index in [0.717, 1.165) is 57.8 Å². The molecule has 0 aromatic rings. The van der Waals surface area contributed by atoms with Crippen molar-refractivity contribution >= 4 is 11.9 Å². The average Bonchev–Trinajstić information content (AvgIpc) is 3.09. The molecule has 4 saturated carbocycles. The van der Waals surface area contributed by atoms with E-state index in [1.807, 2.05) is 11.8 Å². The Balaban J connectivity index is 1.38. The largest absolute Gasteiger partial charge is 0.463 e. The summed E-state index contributed by atoms with van der Waals surface area (Å²) in [4.78, 5) is 26.1. The molecule has 210 valence electrons. The first-order chi connectivity index (χ1) is 17.3. The minimum atomic E-state index is -1.12. The number of carbonyl (C=O) groups excluding carboxylic acids is 2. The quantitative estimate of drug-likeness (QED) is 0.518. The molecule has 6 heteroatoms. The molecule has 0 spiro atoms. The molecular formula is C31H51NO5. The second kappa shape index (κ2) is 9.50. The number of piperidine rings is 1. The van der Waals surface area contributed by atoms with Gasteiger partial charge in [0.2, 0.25) is 5.91 Å². The summed E-state index contributed by atoms with van der Waals surface area (Å²) in [6.45, 7) is 12.8. The molecule has 1 aliphatic heterocycles. The van der Waals surface area contributed by atoms with E-state index in [1.165, 1.54) is 13.3 Å². The number of aliphatic hydroxyl groups is 2. The van der Waals surface area contributed by atoms with Crippen molar-refractivity contribution in [2.45, 2.75) is 130 Å². The van der Waals surface area contributed by atoms with Gasteiger partial charge in [-0.1, -0.05) is 20.8 Å². The third kappa shape index (κ3) is 4.37. The Hall–Kier alpha value is -1.14.